The predicted molar refractivity (Wildman–Crippen MR) is 85.5 cm³/mol. The summed E-state index contributed by atoms with van der Waals surface area (Å²) in [6.45, 7) is 1.87. The van der Waals surface area contributed by atoms with Crippen LogP contribution in [0.15, 0.2) is 0 Å². The van der Waals surface area contributed by atoms with E-state index in [1.54, 1.807) is 0 Å². The van der Waals surface area contributed by atoms with E-state index in [0.717, 1.165) is 19.3 Å². The van der Waals surface area contributed by atoms with E-state index in [9.17, 15) is 4.79 Å². The Morgan fingerprint density at radius 1 is 0.800 bits per heavy atom. The lowest BCUT2D eigenvalue weighted by molar-refractivity contribution is -0.118. The van der Waals surface area contributed by atoms with Crippen molar-refractivity contribution in [1.29, 1.82) is 0 Å². The van der Waals surface area contributed by atoms with Crippen molar-refractivity contribution in [1.82, 2.24) is 0 Å². The summed E-state index contributed by atoms with van der Waals surface area (Å²) >= 11 is 0. The van der Waals surface area contributed by atoms with Crippen molar-refractivity contribution >= 4 is 5.91 Å². The Morgan fingerprint density at radius 3 is 1.50 bits per heavy atom. The Balaban J connectivity index is 2.97. The molecule has 0 rings (SSSR count). The van der Waals surface area contributed by atoms with E-state index in [2.05, 4.69) is 0 Å². The summed E-state index contributed by atoms with van der Waals surface area (Å²) in [5.74, 6) is -0.168. The van der Waals surface area contributed by atoms with Gasteiger partial charge in [-0.25, -0.2) is 0 Å². The SMILES string of the molecule is CC(O)CCCCCCCCCCCCCCC(N)=O. The lowest BCUT2D eigenvalue weighted by Gasteiger charge is -2.04. The van der Waals surface area contributed by atoms with Gasteiger partial charge in [-0.05, 0) is 19.8 Å². The normalized spacial score (nSPS) is 12.5. The van der Waals surface area contributed by atoms with Crippen LogP contribution >= 0.6 is 0 Å². The van der Waals surface area contributed by atoms with Crippen LogP contribution in [0.3, 0.4) is 0 Å². The number of unbranched alkanes of at least 4 members (excludes halogenated alkanes) is 11. The fourth-order valence-corrected chi connectivity index (χ4v) is 2.51. The number of hydrogen-bond donors (Lipinski definition) is 2. The molecule has 3 heteroatoms. The molecule has 0 bridgehead atoms. The standard InChI is InChI=1S/C17H35NO2/c1-16(19)14-12-10-8-6-4-2-3-5-7-9-11-13-15-17(18)20/h16,19H,2-15H2,1H3,(H2,18,20). The molecule has 0 aliphatic rings. The molecular weight excluding hydrogens is 250 g/mol. The lowest BCUT2D eigenvalue weighted by Crippen LogP contribution is -2.09. The lowest BCUT2D eigenvalue weighted by atomic mass is 10.0. The Hall–Kier alpha value is -0.570. The molecule has 0 aromatic rings. The van der Waals surface area contributed by atoms with Crippen LogP contribution in [-0.4, -0.2) is 17.1 Å². The van der Waals surface area contributed by atoms with Gasteiger partial charge in [0, 0.05) is 6.42 Å². The van der Waals surface area contributed by atoms with Gasteiger partial charge in [0.05, 0.1) is 6.10 Å². The van der Waals surface area contributed by atoms with E-state index in [1.165, 1.54) is 64.2 Å². The maximum atomic E-state index is 10.5. The topological polar surface area (TPSA) is 63.3 Å². The second kappa shape index (κ2) is 14.8. The van der Waals surface area contributed by atoms with Crippen LogP contribution < -0.4 is 5.73 Å². The predicted octanol–water partition coefficient (Wildman–Crippen LogP) is 4.31. The number of aliphatic hydroxyl groups excluding tert-OH is 1. The fraction of sp³-hybridized carbons (Fsp3) is 0.941. The van der Waals surface area contributed by atoms with E-state index < -0.39 is 0 Å². The first-order valence-corrected chi connectivity index (χ1v) is 8.59. The molecule has 0 saturated heterocycles. The monoisotopic (exact) mass is 285 g/mol. The van der Waals surface area contributed by atoms with Crippen molar-refractivity contribution in [3.63, 3.8) is 0 Å². The second-order valence-electron chi connectivity index (χ2n) is 6.10. The third-order valence-electron chi connectivity index (χ3n) is 3.80. The summed E-state index contributed by atoms with van der Waals surface area (Å²) in [6, 6.07) is 0. The highest BCUT2D eigenvalue weighted by Gasteiger charge is 1.97. The minimum Gasteiger partial charge on any atom is -0.393 e. The zero-order valence-corrected chi connectivity index (χ0v) is 13.4. The van der Waals surface area contributed by atoms with Crippen LogP contribution in [-0.2, 0) is 4.79 Å². The third kappa shape index (κ3) is 17.4. The Bertz CT molecular complexity index is 217. The van der Waals surface area contributed by atoms with Crippen molar-refractivity contribution in [2.75, 3.05) is 0 Å². The van der Waals surface area contributed by atoms with Crippen LogP contribution in [0.4, 0.5) is 0 Å². The molecule has 1 amide bonds. The summed E-state index contributed by atoms with van der Waals surface area (Å²) in [5, 5.41) is 9.13. The number of hydrogen-bond acceptors (Lipinski definition) is 2. The number of nitrogens with two attached hydrogens (primary N) is 1. The van der Waals surface area contributed by atoms with Crippen molar-refractivity contribution in [3.05, 3.63) is 0 Å². The molecule has 0 saturated carbocycles. The number of carbonyl (C=O) groups is 1. The van der Waals surface area contributed by atoms with Crippen LogP contribution in [0.1, 0.15) is 96.8 Å². The Labute approximate surface area is 125 Å². The van der Waals surface area contributed by atoms with Gasteiger partial charge in [0.2, 0.25) is 5.91 Å². The average molecular weight is 285 g/mol. The maximum Gasteiger partial charge on any atom is 0.217 e. The molecule has 0 aliphatic carbocycles. The Kier molecular flexibility index (Phi) is 14.4. The minimum absolute atomic E-state index is 0.127. The summed E-state index contributed by atoms with van der Waals surface area (Å²) in [6.07, 6.45) is 16.5. The molecule has 20 heavy (non-hydrogen) atoms. The van der Waals surface area contributed by atoms with Crippen molar-refractivity contribution in [2.45, 2.75) is 103 Å². The average Bonchev–Trinajstić information content (AvgIpc) is 2.38. The first kappa shape index (κ1) is 19.4. The second-order valence-corrected chi connectivity index (χ2v) is 6.10. The largest absolute Gasteiger partial charge is 0.393 e. The highest BCUT2D eigenvalue weighted by Crippen LogP contribution is 2.13. The smallest absolute Gasteiger partial charge is 0.217 e. The number of carbonyl (C=O) groups excluding carboxylic acids is 1. The van der Waals surface area contributed by atoms with E-state index in [4.69, 9.17) is 10.8 Å². The van der Waals surface area contributed by atoms with E-state index in [1.807, 2.05) is 6.92 Å². The van der Waals surface area contributed by atoms with Crippen molar-refractivity contribution in [3.8, 4) is 0 Å². The molecular formula is C17H35NO2. The molecule has 0 radical (unpaired) electrons. The molecule has 0 aliphatic heterocycles. The van der Waals surface area contributed by atoms with Crippen molar-refractivity contribution < 1.29 is 9.90 Å². The van der Waals surface area contributed by atoms with Crippen LogP contribution in [0.2, 0.25) is 0 Å². The van der Waals surface area contributed by atoms with E-state index >= 15 is 0 Å². The maximum absolute atomic E-state index is 10.5. The van der Waals surface area contributed by atoms with Gasteiger partial charge in [-0.15, -0.1) is 0 Å². The quantitative estimate of drug-likeness (QED) is 0.440. The fourth-order valence-electron chi connectivity index (χ4n) is 2.51. The molecule has 0 heterocycles. The minimum atomic E-state index is -0.168. The van der Waals surface area contributed by atoms with E-state index in [-0.39, 0.29) is 12.0 Å². The number of aliphatic hydroxyl groups is 1. The number of primary amides is 1. The van der Waals surface area contributed by atoms with Gasteiger partial charge < -0.3 is 10.8 Å². The summed E-state index contributed by atoms with van der Waals surface area (Å²) < 4.78 is 0. The van der Waals surface area contributed by atoms with E-state index in [0.29, 0.717) is 6.42 Å². The molecule has 1 atom stereocenters. The molecule has 120 valence electrons. The highest BCUT2D eigenvalue weighted by atomic mass is 16.3. The van der Waals surface area contributed by atoms with Crippen LogP contribution in [0, 0.1) is 0 Å². The molecule has 0 spiro atoms. The number of rotatable bonds is 15. The molecule has 0 aromatic carbocycles. The summed E-state index contributed by atoms with van der Waals surface area (Å²) in [4.78, 5) is 10.5. The molecule has 1 unspecified atom stereocenters. The van der Waals surface area contributed by atoms with Gasteiger partial charge in [-0.3, -0.25) is 4.79 Å². The first-order valence-electron chi connectivity index (χ1n) is 8.59. The number of amides is 1. The van der Waals surface area contributed by atoms with Crippen LogP contribution in [0.25, 0.3) is 0 Å². The zero-order valence-electron chi connectivity index (χ0n) is 13.4. The highest BCUT2D eigenvalue weighted by molar-refractivity contribution is 5.73. The van der Waals surface area contributed by atoms with Gasteiger partial charge in [-0.2, -0.15) is 0 Å². The molecule has 0 fully saturated rings. The zero-order chi connectivity index (χ0) is 15.1. The van der Waals surface area contributed by atoms with Gasteiger partial charge in [0.15, 0.2) is 0 Å². The molecule has 3 nitrogen and oxygen atoms in total. The summed E-state index contributed by atoms with van der Waals surface area (Å²) in [7, 11) is 0. The first-order chi connectivity index (χ1) is 9.63. The molecule has 0 aromatic heterocycles. The van der Waals surface area contributed by atoms with Crippen LogP contribution in [0.5, 0.6) is 0 Å². The summed E-state index contributed by atoms with van der Waals surface area (Å²) in [5.41, 5.74) is 5.10. The van der Waals surface area contributed by atoms with Gasteiger partial charge in [0.1, 0.15) is 0 Å². The Morgan fingerprint density at radius 2 is 1.15 bits per heavy atom. The third-order valence-corrected chi connectivity index (χ3v) is 3.80. The van der Waals surface area contributed by atoms with Gasteiger partial charge >= 0.3 is 0 Å². The van der Waals surface area contributed by atoms with Gasteiger partial charge in [0.25, 0.3) is 0 Å². The van der Waals surface area contributed by atoms with Gasteiger partial charge in [-0.1, -0.05) is 70.6 Å². The molecule has 3 N–H and O–H groups in total. The van der Waals surface area contributed by atoms with Crippen molar-refractivity contribution in [2.24, 2.45) is 5.73 Å².